The van der Waals surface area contributed by atoms with Gasteiger partial charge in [-0.3, -0.25) is 5.32 Å². The third-order valence-corrected chi connectivity index (χ3v) is 5.71. The number of esters is 1. The van der Waals surface area contributed by atoms with Crippen molar-refractivity contribution in [2.24, 2.45) is 0 Å². The Morgan fingerprint density at radius 1 is 1.32 bits per heavy atom. The summed E-state index contributed by atoms with van der Waals surface area (Å²) < 4.78 is 31.0. The van der Waals surface area contributed by atoms with E-state index in [0.29, 0.717) is 5.69 Å². The molecule has 0 saturated heterocycles. The fraction of sp³-hybridized carbons (Fsp3) is 0.214. The van der Waals surface area contributed by atoms with Crippen LogP contribution >= 0.6 is 22.9 Å². The number of rotatable bonds is 5. The molecule has 0 spiro atoms. The second-order valence-corrected chi connectivity index (χ2v) is 7.70. The van der Waals surface area contributed by atoms with Crippen LogP contribution in [-0.4, -0.2) is 32.0 Å². The predicted octanol–water partition coefficient (Wildman–Crippen LogP) is 2.79. The minimum Gasteiger partial charge on any atom is -0.462 e. The zero-order valence-corrected chi connectivity index (χ0v) is 15.6. The molecule has 0 atom stereocenters. The average Bonchev–Trinajstić information content (AvgIpc) is 2.87. The molecule has 0 saturated carbocycles. The SMILES string of the molecule is CCOC(=O)c1sc(NC(=O)NS(=O)(=O)c2ccccc2Cl)nc1C. The summed E-state index contributed by atoms with van der Waals surface area (Å²) in [5, 5.41) is 2.32. The van der Waals surface area contributed by atoms with Crippen LogP contribution in [-0.2, 0) is 14.8 Å². The Labute approximate surface area is 153 Å². The average molecular weight is 404 g/mol. The van der Waals surface area contributed by atoms with Gasteiger partial charge in [0.25, 0.3) is 10.0 Å². The van der Waals surface area contributed by atoms with E-state index < -0.39 is 22.0 Å². The zero-order chi connectivity index (χ0) is 18.6. The molecular formula is C14H14ClN3O5S2. The van der Waals surface area contributed by atoms with Crippen molar-refractivity contribution in [3.05, 3.63) is 39.9 Å². The van der Waals surface area contributed by atoms with Crippen molar-refractivity contribution in [1.29, 1.82) is 0 Å². The van der Waals surface area contributed by atoms with E-state index in [1.54, 1.807) is 19.9 Å². The molecule has 0 unspecified atom stereocenters. The molecular weight excluding hydrogens is 390 g/mol. The van der Waals surface area contributed by atoms with E-state index in [1.807, 2.05) is 4.72 Å². The molecule has 0 aliphatic heterocycles. The van der Waals surface area contributed by atoms with Gasteiger partial charge in [0.2, 0.25) is 0 Å². The van der Waals surface area contributed by atoms with Gasteiger partial charge in [-0.2, -0.15) is 0 Å². The third kappa shape index (κ3) is 4.68. The Bertz CT molecular complexity index is 911. The largest absolute Gasteiger partial charge is 0.462 e. The van der Waals surface area contributed by atoms with Crippen molar-refractivity contribution in [3.63, 3.8) is 0 Å². The molecule has 2 amide bonds. The molecule has 0 fully saturated rings. The van der Waals surface area contributed by atoms with Crippen molar-refractivity contribution in [3.8, 4) is 0 Å². The van der Waals surface area contributed by atoms with Crippen LogP contribution in [0.15, 0.2) is 29.2 Å². The lowest BCUT2D eigenvalue weighted by molar-refractivity contribution is 0.0531. The van der Waals surface area contributed by atoms with E-state index in [9.17, 15) is 18.0 Å². The fourth-order valence-corrected chi connectivity index (χ4v) is 4.08. The van der Waals surface area contributed by atoms with Crippen LogP contribution in [0, 0.1) is 6.92 Å². The van der Waals surface area contributed by atoms with Gasteiger partial charge in [0.05, 0.1) is 17.3 Å². The smallest absolute Gasteiger partial charge is 0.350 e. The first-order valence-corrected chi connectivity index (χ1v) is 9.65. The van der Waals surface area contributed by atoms with Crippen molar-refractivity contribution in [2.75, 3.05) is 11.9 Å². The number of hydrogen-bond acceptors (Lipinski definition) is 7. The number of hydrogen-bond donors (Lipinski definition) is 2. The summed E-state index contributed by atoms with van der Waals surface area (Å²) in [5.74, 6) is -0.561. The number of halogens is 1. The van der Waals surface area contributed by atoms with E-state index in [4.69, 9.17) is 16.3 Å². The van der Waals surface area contributed by atoms with E-state index in [2.05, 4.69) is 10.3 Å². The minimum absolute atomic E-state index is 0.0162. The molecule has 2 N–H and O–H groups in total. The van der Waals surface area contributed by atoms with Gasteiger partial charge < -0.3 is 4.74 Å². The number of anilines is 1. The second-order valence-electron chi connectivity index (χ2n) is 4.64. The van der Waals surface area contributed by atoms with E-state index in [-0.39, 0.29) is 26.5 Å². The molecule has 0 aliphatic rings. The van der Waals surface area contributed by atoms with Gasteiger partial charge in [-0.05, 0) is 26.0 Å². The summed E-state index contributed by atoms with van der Waals surface area (Å²) in [4.78, 5) is 27.7. The predicted molar refractivity (Wildman–Crippen MR) is 93.6 cm³/mol. The molecule has 1 aromatic carbocycles. The summed E-state index contributed by atoms with van der Waals surface area (Å²) in [7, 11) is -4.15. The molecule has 0 bridgehead atoms. The maximum absolute atomic E-state index is 12.2. The molecule has 0 aliphatic carbocycles. The summed E-state index contributed by atoms with van der Waals surface area (Å²) in [5.41, 5.74) is 0.368. The topological polar surface area (TPSA) is 114 Å². The Hall–Kier alpha value is -2.17. The van der Waals surface area contributed by atoms with Gasteiger partial charge in [0.1, 0.15) is 9.77 Å². The van der Waals surface area contributed by atoms with Gasteiger partial charge in [-0.1, -0.05) is 35.1 Å². The third-order valence-electron chi connectivity index (χ3n) is 2.83. The zero-order valence-electron chi connectivity index (χ0n) is 13.2. The number of carbonyl (C=O) groups is 2. The highest BCUT2D eigenvalue weighted by atomic mass is 35.5. The summed E-state index contributed by atoms with van der Waals surface area (Å²) >= 11 is 6.71. The first kappa shape index (κ1) is 19.2. The molecule has 1 heterocycles. The van der Waals surface area contributed by atoms with Gasteiger partial charge in [-0.15, -0.1) is 0 Å². The van der Waals surface area contributed by atoms with E-state index in [0.717, 1.165) is 11.3 Å². The molecule has 0 radical (unpaired) electrons. The normalized spacial score (nSPS) is 11.0. The van der Waals surface area contributed by atoms with Gasteiger partial charge >= 0.3 is 12.0 Å². The molecule has 2 aromatic rings. The van der Waals surface area contributed by atoms with Gasteiger partial charge in [0.15, 0.2) is 5.13 Å². The van der Waals surface area contributed by atoms with Gasteiger partial charge in [0, 0.05) is 0 Å². The van der Waals surface area contributed by atoms with Crippen LogP contribution in [0.1, 0.15) is 22.3 Å². The number of amides is 2. The summed E-state index contributed by atoms with van der Waals surface area (Å²) in [6.45, 7) is 3.45. The number of benzene rings is 1. The van der Waals surface area contributed by atoms with Crippen molar-refractivity contribution >= 4 is 50.1 Å². The monoisotopic (exact) mass is 403 g/mol. The van der Waals surface area contributed by atoms with Crippen LogP contribution in [0.3, 0.4) is 0 Å². The number of ether oxygens (including phenoxy) is 1. The Morgan fingerprint density at radius 3 is 2.64 bits per heavy atom. The Morgan fingerprint density at radius 2 is 2.00 bits per heavy atom. The minimum atomic E-state index is -4.15. The van der Waals surface area contributed by atoms with Crippen molar-refractivity contribution in [1.82, 2.24) is 9.71 Å². The van der Waals surface area contributed by atoms with E-state index in [1.165, 1.54) is 18.2 Å². The van der Waals surface area contributed by atoms with Gasteiger partial charge in [-0.25, -0.2) is 27.7 Å². The number of urea groups is 1. The van der Waals surface area contributed by atoms with Crippen molar-refractivity contribution < 1.29 is 22.7 Å². The maximum atomic E-state index is 12.2. The maximum Gasteiger partial charge on any atom is 0.350 e. The summed E-state index contributed by atoms with van der Waals surface area (Å²) in [6, 6.07) is 4.68. The number of sulfonamides is 1. The number of aromatic nitrogens is 1. The van der Waals surface area contributed by atoms with Crippen LogP contribution < -0.4 is 10.0 Å². The number of aryl methyl sites for hydroxylation is 1. The van der Waals surface area contributed by atoms with Crippen LogP contribution in [0.4, 0.5) is 9.93 Å². The molecule has 134 valence electrons. The highest BCUT2D eigenvalue weighted by molar-refractivity contribution is 7.90. The molecule has 25 heavy (non-hydrogen) atoms. The lowest BCUT2D eigenvalue weighted by Crippen LogP contribution is -2.34. The number of nitrogens with zero attached hydrogens (tertiary/aromatic N) is 1. The number of nitrogens with one attached hydrogen (secondary N) is 2. The van der Waals surface area contributed by atoms with E-state index >= 15 is 0 Å². The Balaban J connectivity index is 2.12. The molecule has 1 aromatic heterocycles. The number of thiazole rings is 1. The second kappa shape index (κ2) is 7.81. The van der Waals surface area contributed by atoms with Crippen molar-refractivity contribution in [2.45, 2.75) is 18.7 Å². The highest BCUT2D eigenvalue weighted by Gasteiger charge is 2.22. The first-order chi connectivity index (χ1) is 11.7. The standard InChI is InChI=1S/C14H14ClN3O5S2/c1-3-23-12(19)11-8(2)16-14(24-11)17-13(20)18-25(21,22)10-7-5-4-6-9(10)15/h4-7H,3H2,1-2H3,(H2,16,17,18,20). The number of carbonyl (C=O) groups excluding carboxylic acids is 2. The molecule has 11 heteroatoms. The quantitative estimate of drug-likeness (QED) is 0.742. The van der Waals surface area contributed by atoms with Crippen LogP contribution in [0.5, 0.6) is 0 Å². The molecule has 8 nitrogen and oxygen atoms in total. The van der Waals surface area contributed by atoms with Crippen LogP contribution in [0.2, 0.25) is 5.02 Å². The Kier molecular flexibility index (Phi) is 5.98. The van der Waals surface area contributed by atoms with Crippen LogP contribution in [0.25, 0.3) is 0 Å². The fourth-order valence-electron chi connectivity index (χ4n) is 1.80. The summed E-state index contributed by atoms with van der Waals surface area (Å²) in [6.07, 6.45) is 0. The first-order valence-electron chi connectivity index (χ1n) is 6.97. The molecule has 2 rings (SSSR count). The lowest BCUT2D eigenvalue weighted by atomic mass is 10.4. The highest BCUT2D eigenvalue weighted by Crippen LogP contribution is 2.24. The lowest BCUT2D eigenvalue weighted by Gasteiger charge is -2.08.